The van der Waals surface area contributed by atoms with Gasteiger partial charge in [0.15, 0.2) is 0 Å². The molecule has 1 aliphatic rings. The minimum atomic E-state index is -0.824. The number of H-pyrrole nitrogens is 1. The van der Waals surface area contributed by atoms with Crippen LogP contribution in [0.15, 0.2) is 15.8 Å². The highest BCUT2D eigenvalue weighted by molar-refractivity contribution is 4.99. The van der Waals surface area contributed by atoms with E-state index < -0.39 is 11.2 Å². The number of nitrogens with one attached hydrogen (secondary N) is 1. The first-order valence-electron chi connectivity index (χ1n) is 7.36. The number of hydrogen-bond acceptors (Lipinski definition) is 4. The molecule has 2 rings (SSSR count). The largest absolute Gasteiger partial charge is 0.424 e. The first kappa shape index (κ1) is 17.5. The summed E-state index contributed by atoms with van der Waals surface area (Å²) in [5.74, 6) is 1.65. The molecule has 1 aromatic rings. The molecule has 120 valence electrons. The van der Waals surface area contributed by atoms with E-state index in [0.29, 0.717) is 10.3 Å². The van der Waals surface area contributed by atoms with Crippen LogP contribution in [0.4, 0.5) is 0 Å². The van der Waals surface area contributed by atoms with Gasteiger partial charge in [0, 0.05) is 5.56 Å². The molecule has 3 N–H and O–H groups in total. The van der Waals surface area contributed by atoms with Gasteiger partial charge >= 0.3 is 5.69 Å². The summed E-state index contributed by atoms with van der Waals surface area (Å²) < 4.78 is 0.330. The molecule has 1 aromatic heterocycles. The lowest BCUT2D eigenvalue weighted by atomic mass is 9.75. The fraction of sp³-hybridized carbons (Fsp3) is 0.733. The van der Waals surface area contributed by atoms with E-state index in [-0.39, 0.29) is 5.60 Å². The maximum atomic E-state index is 10.6. The van der Waals surface area contributed by atoms with Crippen LogP contribution in [-0.4, -0.2) is 25.6 Å². The lowest BCUT2D eigenvalue weighted by Crippen LogP contribution is -2.31. The molecule has 0 spiro atoms. The van der Waals surface area contributed by atoms with E-state index in [1.54, 1.807) is 0 Å². The Kier molecular flexibility index (Phi) is 5.78. The van der Waals surface area contributed by atoms with Crippen LogP contribution < -0.4 is 11.2 Å². The molecule has 1 aliphatic carbocycles. The second kappa shape index (κ2) is 6.93. The summed E-state index contributed by atoms with van der Waals surface area (Å²) >= 11 is 0. The van der Waals surface area contributed by atoms with Gasteiger partial charge in [0.25, 0.3) is 5.56 Å². The van der Waals surface area contributed by atoms with Gasteiger partial charge in [0.1, 0.15) is 0 Å². The van der Waals surface area contributed by atoms with Crippen LogP contribution in [0, 0.1) is 18.8 Å². The van der Waals surface area contributed by atoms with Gasteiger partial charge in [0.05, 0.1) is 11.8 Å². The van der Waals surface area contributed by atoms with Crippen LogP contribution in [0.1, 0.15) is 52.0 Å². The number of nitrogens with zero attached hydrogens (tertiary/aromatic N) is 1. The molecule has 0 aliphatic heterocycles. The minimum Gasteiger partial charge on any atom is -0.424 e. The Morgan fingerprint density at radius 3 is 2.29 bits per heavy atom. The van der Waals surface area contributed by atoms with Gasteiger partial charge in [-0.25, -0.2) is 4.79 Å². The lowest BCUT2D eigenvalue weighted by molar-refractivity contribution is 0.00161. The molecule has 0 bridgehead atoms. The molecule has 1 fully saturated rings. The number of aromatic nitrogens is 2. The molecular formula is C15H26N2O4. The van der Waals surface area contributed by atoms with Crippen molar-refractivity contribution in [3.05, 3.63) is 32.6 Å². The predicted octanol–water partition coefficient (Wildman–Crippen LogP) is 1.67. The summed E-state index contributed by atoms with van der Waals surface area (Å²) in [7, 11) is 0. The van der Waals surface area contributed by atoms with Crippen molar-refractivity contribution >= 4 is 0 Å². The van der Waals surface area contributed by atoms with E-state index in [9.17, 15) is 14.7 Å². The SMILES string of the molecule is CC(C)C1CCC(C)(O)CC1.Cc1cn(O)c(=O)[nH]c1=O. The van der Waals surface area contributed by atoms with Crippen molar-refractivity contribution in [2.24, 2.45) is 11.8 Å². The second-order valence-electron chi connectivity index (χ2n) is 6.49. The molecule has 0 atom stereocenters. The van der Waals surface area contributed by atoms with Crippen LogP contribution in [0.2, 0.25) is 0 Å². The number of hydrogen-bond donors (Lipinski definition) is 3. The number of aromatic amines is 1. The van der Waals surface area contributed by atoms with Gasteiger partial charge in [-0.05, 0) is 51.4 Å². The molecule has 6 nitrogen and oxygen atoms in total. The minimum absolute atomic E-state index is 0.294. The van der Waals surface area contributed by atoms with E-state index in [1.807, 2.05) is 11.9 Å². The van der Waals surface area contributed by atoms with Crippen LogP contribution in [0.3, 0.4) is 0 Å². The molecule has 1 saturated carbocycles. The highest BCUT2D eigenvalue weighted by atomic mass is 16.5. The van der Waals surface area contributed by atoms with Crippen molar-refractivity contribution in [2.75, 3.05) is 0 Å². The Hall–Kier alpha value is -1.56. The molecule has 0 saturated heterocycles. The van der Waals surface area contributed by atoms with E-state index >= 15 is 0 Å². The Morgan fingerprint density at radius 1 is 1.33 bits per heavy atom. The summed E-state index contributed by atoms with van der Waals surface area (Å²) in [5.41, 5.74) is -1.36. The van der Waals surface area contributed by atoms with E-state index in [0.717, 1.165) is 30.9 Å². The van der Waals surface area contributed by atoms with Crippen molar-refractivity contribution in [3.63, 3.8) is 0 Å². The Balaban J connectivity index is 0.000000211. The number of rotatable bonds is 1. The predicted molar refractivity (Wildman–Crippen MR) is 80.7 cm³/mol. The van der Waals surface area contributed by atoms with Crippen molar-refractivity contribution in [1.29, 1.82) is 0 Å². The Labute approximate surface area is 124 Å². The average molecular weight is 298 g/mol. The maximum Gasteiger partial charge on any atom is 0.361 e. The van der Waals surface area contributed by atoms with Gasteiger partial charge in [-0.1, -0.05) is 13.8 Å². The van der Waals surface area contributed by atoms with E-state index in [1.165, 1.54) is 19.8 Å². The molecule has 21 heavy (non-hydrogen) atoms. The molecule has 6 heteroatoms. The quantitative estimate of drug-likeness (QED) is 0.687. The smallest absolute Gasteiger partial charge is 0.361 e. The van der Waals surface area contributed by atoms with E-state index in [4.69, 9.17) is 5.21 Å². The summed E-state index contributed by atoms with van der Waals surface area (Å²) in [6.07, 6.45) is 5.47. The summed E-state index contributed by atoms with van der Waals surface area (Å²) in [4.78, 5) is 23.0. The highest BCUT2D eigenvalue weighted by Gasteiger charge is 2.29. The summed E-state index contributed by atoms with van der Waals surface area (Å²) in [6.45, 7) is 8.02. The van der Waals surface area contributed by atoms with Crippen molar-refractivity contribution < 1.29 is 10.3 Å². The van der Waals surface area contributed by atoms with Crippen molar-refractivity contribution in [1.82, 2.24) is 9.71 Å². The lowest BCUT2D eigenvalue weighted by Gasteiger charge is -2.34. The molecule has 0 amide bonds. The topological polar surface area (TPSA) is 95.3 Å². The standard InChI is InChI=1S/C10H20O.C5H6N2O3/c1-8(2)9-4-6-10(3,11)7-5-9;1-3-2-7(10)5(9)6-4(3)8/h8-9,11H,4-7H2,1-3H3;2,10H,1H3,(H,6,8,9). The van der Waals surface area contributed by atoms with Crippen LogP contribution >= 0.6 is 0 Å². The van der Waals surface area contributed by atoms with Crippen LogP contribution in [0.25, 0.3) is 0 Å². The molecule has 1 heterocycles. The van der Waals surface area contributed by atoms with Crippen molar-refractivity contribution in [2.45, 2.75) is 59.0 Å². The molecule has 0 aromatic carbocycles. The fourth-order valence-corrected chi connectivity index (χ4v) is 2.48. The molecular weight excluding hydrogens is 272 g/mol. The van der Waals surface area contributed by atoms with Crippen LogP contribution in [0.5, 0.6) is 0 Å². The Bertz CT molecular complexity index is 531. The molecule has 0 radical (unpaired) electrons. The summed E-state index contributed by atoms with van der Waals surface area (Å²) in [6, 6.07) is 0. The van der Waals surface area contributed by atoms with Gasteiger partial charge < -0.3 is 10.3 Å². The zero-order valence-electron chi connectivity index (χ0n) is 13.2. The molecule has 0 unspecified atom stereocenters. The Morgan fingerprint density at radius 2 is 1.86 bits per heavy atom. The van der Waals surface area contributed by atoms with Gasteiger partial charge in [-0.2, -0.15) is 0 Å². The number of aliphatic hydroxyl groups is 1. The number of aryl methyl sites for hydroxylation is 1. The van der Waals surface area contributed by atoms with Gasteiger partial charge in [-0.15, -0.1) is 4.73 Å². The normalized spacial score (nSPS) is 25.3. The zero-order valence-corrected chi connectivity index (χ0v) is 13.2. The average Bonchev–Trinajstić information content (AvgIpc) is 2.37. The van der Waals surface area contributed by atoms with Crippen LogP contribution in [-0.2, 0) is 0 Å². The zero-order chi connectivity index (χ0) is 16.2. The van der Waals surface area contributed by atoms with Gasteiger partial charge in [-0.3, -0.25) is 9.78 Å². The third-order valence-corrected chi connectivity index (χ3v) is 4.15. The first-order valence-corrected chi connectivity index (χ1v) is 7.36. The van der Waals surface area contributed by atoms with Crippen molar-refractivity contribution in [3.8, 4) is 0 Å². The summed E-state index contributed by atoms with van der Waals surface area (Å²) in [5, 5.41) is 18.3. The first-order chi connectivity index (χ1) is 9.62. The van der Waals surface area contributed by atoms with E-state index in [2.05, 4.69) is 13.8 Å². The monoisotopic (exact) mass is 298 g/mol. The maximum absolute atomic E-state index is 10.6. The van der Waals surface area contributed by atoms with Gasteiger partial charge in [0.2, 0.25) is 0 Å². The highest BCUT2D eigenvalue weighted by Crippen LogP contribution is 2.35. The third-order valence-electron chi connectivity index (χ3n) is 4.15. The third kappa shape index (κ3) is 5.38. The fourth-order valence-electron chi connectivity index (χ4n) is 2.48. The second-order valence-corrected chi connectivity index (χ2v) is 6.49.